The van der Waals surface area contributed by atoms with E-state index in [0.29, 0.717) is 5.92 Å². The molecule has 4 heteroatoms. The normalized spacial score (nSPS) is 23.8. The van der Waals surface area contributed by atoms with Gasteiger partial charge in [-0.05, 0) is 42.0 Å². The highest BCUT2D eigenvalue weighted by molar-refractivity contribution is 6.30. The zero-order chi connectivity index (χ0) is 20.2. The molecule has 3 saturated heterocycles. The maximum absolute atomic E-state index is 6.19. The summed E-state index contributed by atoms with van der Waals surface area (Å²) in [6, 6.07) is 15.1. The zero-order valence-corrected chi connectivity index (χ0v) is 18.3. The zero-order valence-electron chi connectivity index (χ0n) is 17.6. The van der Waals surface area contributed by atoms with Gasteiger partial charge in [-0.3, -0.25) is 9.38 Å². The molecule has 0 spiro atoms. The van der Waals surface area contributed by atoms with Crippen LogP contribution in [0.3, 0.4) is 0 Å². The van der Waals surface area contributed by atoms with Crippen LogP contribution in [0.15, 0.2) is 42.5 Å². The van der Waals surface area contributed by atoms with Crippen LogP contribution < -0.4 is 4.48 Å². The molecule has 0 amide bonds. The Kier molecular flexibility index (Phi) is 4.65. The van der Waals surface area contributed by atoms with Crippen LogP contribution in [0.2, 0.25) is 5.02 Å². The first kappa shape index (κ1) is 19.0. The van der Waals surface area contributed by atoms with E-state index in [-0.39, 0.29) is 0 Å². The largest absolute Gasteiger partial charge is 0.287 e. The lowest BCUT2D eigenvalue weighted by molar-refractivity contribution is 0.0665. The lowest BCUT2D eigenvalue weighted by Crippen LogP contribution is -2.68. The number of hydrogen-bond donors (Lipinski definition) is 0. The Hall–Kier alpha value is -1.94. The third-order valence-electron chi connectivity index (χ3n) is 6.83. The van der Waals surface area contributed by atoms with Crippen molar-refractivity contribution in [3.05, 3.63) is 58.7 Å². The van der Waals surface area contributed by atoms with E-state index in [2.05, 4.69) is 56.0 Å². The molecule has 29 heavy (non-hydrogen) atoms. The third-order valence-corrected chi connectivity index (χ3v) is 7.08. The van der Waals surface area contributed by atoms with Gasteiger partial charge in [0.15, 0.2) is 0 Å². The predicted octanol–water partition coefficient (Wildman–Crippen LogP) is 5.62. The molecule has 2 aromatic carbocycles. The minimum Gasteiger partial charge on any atom is -0.287 e. The predicted molar refractivity (Wildman–Crippen MR) is 124 cm³/mol. The molecule has 3 nitrogen and oxygen atoms in total. The fourth-order valence-corrected chi connectivity index (χ4v) is 5.24. The Morgan fingerprint density at radius 2 is 1.59 bits per heavy atom. The van der Waals surface area contributed by atoms with Crippen LogP contribution in [0.5, 0.6) is 0 Å². The molecule has 3 aliphatic rings. The van der Waals surface area contributed by atoms with Crippen molar-refractivity contribution in [3.8, 4) is 11.1 Å². The van der Waals surface area contributed by atoms with Crippen molar-refractivity contribution < 1.29 is 0 Å². The molecule has 6 rings (SSSR count). The summed E-state index contributed by atoms with van der Waals surface area (Å²) in [5.74, 6) is 1.65. The van der Waals surface area contributed by atoms with Gasteiger partial charge in [-0.25, -0.2) is 0 Å². The summed E-state index contributed by atoms with van der Waals surface area (Å²) in [6.45, 7) is 13.8. The average molecular weight is 407 g/mol. The Morgan fingerprint density at radius 1 is 0.931 bits per heavy atom. The molecule has 150 valence electrons. The second kappa shape index (κ2) is 7.09. The lowest BCUT2D eigenvalue weighted by atomic mass is 9.91. The van der Waals surface area contributed by atoms with Crippen LogP contribution in [0, 0.1) is 6.92 Å². The first-order chi connectivity index (χ1) is 14.0. The van der Waals surface area contributed by atoms with Gasteiger partial charge < -0.3 is 0 Å². The van der Waals surface area contributed by atoms with Crippen molar-refractivity contribution >= 4 is 28.2 Å². The van der Waals surface area contributed by atoms with Gasteiger partial charge in [-0.15, -0.1) is 0 Å². The van der Waals surface area contributed by atoms with Gasteiger partial charge in [0, 0.05) is 30.2 Å². The number of quaternary nitrogens is 1. The molecule has 0 N–H and O–H groups in total. The first-order valence-corrected chi connectivity index (χ1v) is 11.1. The van der Waals surface area contributed by atoms with E-state index in [9.17, 15) is 0 Å². The third kappa shape index (κ3) is 3.16. The summed E-state index contributed by atoms with van der Waals surface area (Å²) in [7, 11) is 0. The number of benzene rings is 2. The second-order valence-corrected chi connectivity index (χ2v) is 9.50. The highest BCUT2D eigenvalue weighted by Gasteiger charge is 2.43. The molecular weight excluding hydrogens is 378 g/mol. The van der Waals surface area contributed by atoms with Crippen LogP contribution in [0.1, 0.15) is 31.0 Å². The standard InChI is InChI=1S/C25H29ClN3/c1-17(2)24-23(19-5-7-20(26)8-6-19)21-9-4-18(3)16-22(21)25(27-24)29-13-10-28(11-14-29)12-15-29/h4-9,16-17H,10-15H2,1-3H3/q+1. The molecular formula is C25H29ClN3+. The van der Waals surface area contributed by atoms with Crippen LogP contribution in [-0.2, 0) is 0 Å². The number of aryl methyl sites for hydroxylation is 1. The molecule has 0 unspecified atom stereocenters. The van der Waals surface area contributed by atoms with Gasteiger partial charge in [0.05, 0.1) is 30.7 Å². The maximum atomic E-state index is 6.19. The Morgan fingerprint density at radius 3 is 2.21 bits per heavy atom. The van der Waals surface area contributed by atoms with Gasteiger partial charge in [-0.2, -0.15) is 4.98 Å². The minimum atomic E-state index is 0.356. The van der Waals surface area contributed by atoms with E-state index in [0.717, 1.165) is 9.51 Å². The SMILES string of the molecule is Cc1ccc2c(-c3ccc(Cl)cc3)c(C(C)C)nc([N+]34CCN(CC3)CC4)c2c1. The van der Waals surface area contributed by atoms with Gasteiger partial charge in [0.2, 0.25) is 5.82 Å². The van der Waals surface area contributed by atoms with Gasteiger partial charge >= 0.3 is 0 Å². The summed E-state index contributed by atoms with van der Waals surface area (Å²) >= 11 is 6.19. The monoisotopic (exact) mass is 406 g/mol. The van der Waals surface area contributed by atoms with E-state index >= 15 is 0 Å². The van der Waals surface area contributed by atoms with Crippen molar-refractivity contribution in [2.75, 3.05) is 39.3 Å². The number of pyridine rings is 1. The maximum Gasteiger partial charge on any atom is 0.235 e. The topological polar surface area (TPSA) is 16.1 Å². The second-order valence-electron chi connectivity index (χ2n) is 9.06. The van der Waals surface area contributed by atoms with Crippen molar-refractivity contribution in [3.63, 3.8) is 0 Å². The van der Waals surface area contributed by atoms with Crippen LogP contribution in [0.25, 0.3) is 21.9 Å². The minimum absolute atomic E-state index is 0.356. The van der Waals surface area contributed by atoms with Gasteiger partial charge in [0.25, 0.3) is 0 Å². The van der Waals surface area contributed by atoms with E-state index in [1.54, 1.807) is 0 Å². The Bertz CT molecular complexity index is 1050. The fourth-order valence-electron chi connectivity index (χ4n) is 5.12. The van der Waals surface area contributed by atoms with E-state index in [4.69, 9.17) is 16.6 Å². The summed E-state index contributed by atoms with van der Waals surface area (Å²) in [4.78, 5) is 8.05. The Labute approximate surface area is 178 Å². The average Bonchev–Trinajstić information content (AvgIpc) is 2.74. The quantitative estimate of drug-likeness (QED) is 0.524. The number of aromatic nitrogens is 1. The highest BCUT2D eigenvalue weighted by Crippen LogP contribution is 2.42. The number of hydrogen-bond acceptors (Lipinski definition) is 2. The van der Waals surface area contributed by atoms with E-state index < -0.39 is 0 Å². The molecule has 4 heterocycles. The molecule has 0 aliphatic carbocycles. The van der Waals surface area contributed by atoms with Gasteiger partial charge in [0.1, 0.15) is 0 Å². The highest BCUT2D eigenvalue weighted by atomic mass is 35.5. The molecule has 3 fully saturated rings. The van der Waals surface area contributed by atoms with E-state index in [1.807, 2.05) is 12.1 Å². The smallest absolute Gasteiger partial charge is 0.235 e. The molecule has 2 bridgehead atoms. The van der Waals surface area contributed by atoms with Crippen molar-refractivity contribution in [2.45, 2.75) is 26.7 Å². The van der Waals surface area contributed by atoms with Crippen molar-refractivity contribution in [1.29, 1.82) is 0 Å². The molecule has 3 aromatic rings. The Balaban J connectivity index is 1.83. The lowest BCUT2D eigenvalue weighted by Gasteiger charge is -2.49. The van der Waals surface area contributed by atoms with Crippen molar-refractivity contribution in [2.24, 2.45) is 0 Å². The number of nitrogens with zero attached hydrogens (tertiary/aromatic N) is 3. The number of halogens is 1. The molecule has 1 aromatic heterocycles. The fraction of sp³-hybridized carbons (Fsp3) is 0.400. The summed E-state index contributed by atoms with van der Waals surface area (Å²) in [6.07, 6.45) is 0. The molecule has 0 radical (unpaired) electrons. The number of piperazine rings is 3. The summed E-state index contributed by atoms with van der Waals surface area (Å²) in [5.41, 5.74) is 4.98. The van der Waals surface area contributed by atoms with Crippen LogP contribution in [-0.4, -0.2) is 49.2 Å². The summed E-state index contributed by atoms with van der Waals surface area (Å²) < 4.78 is 1.04. The number of fused-ring (bicyclic) bond motifs is 4. The molecule has 0 saturated carbocycles. The van der Waals surface area contributed by atoms with Gasteiger partial charge in [-0.1, -0.05) is 55.3 Å². The summed E-state index contributed by atoms with van der Waals surface area (Å²) in [5, 5.41) is 3.43. The molecule has 0 atom stereocenters. The number of rotatable bonds is 3. The molecule has 3 aliphatic heterocycles. The first-order valence-electron chi connectivity index (χ1n) is 10.8. The van der Waals surface area contributed by atoms with E-state index in [1.165, 1.54) is 78.2 Å². The van der Waals surface area contributed by atoms with Crippen LogP contribution >= 0.6 is 11.6 Å². The van der Waals surface area contributed by atoms with Crippen molar-refractivity contribution in [1.82, 2.24) is 14.4 Å². The van der Waals surface area contributed by atoms with Crippen LogP contribution in [0.4, 0.5) is 5.82 Å².